The highest BCUT2D eigenvalue weighted by molar-refractivity contribution is 14.1. The molecule has 0 spiro atoms. The Morgan fingerprint density at radius 1 is 1.41 bits per heavy atom. The normalized spacial score (nSPS) is 12.7. The predicted octanol–water partition coefficient (Wildman–Crippen LogP) is 4.56. The summed E-state index contributed by atoms with van der Waals surface area (Å²) in [6.45, 7) is 0. The van der Waals surface area contributed by atoms with Crippen molar-refractivity contribution in [3.05, 3.63) is 53.9 Å². The third-order valence-corrected chi connectivity index (χ3v) is 4.78. The first kappa shape index (κ1) is 13.5. The zero-order valence-corrected chi connectivity index (χ0v) is 13.6. The van der Waals surface area contributed by atoms with Crippen LogP contribution >= 0.6 is 49.9 Å². The van der Waals surface area contributed by atoms with E-state index in [1.165, 1.54) is 8.95 Å². The first-order valence-electron chi connectivity index (χ1n) is 4.98. The fourth-order valence-electron chi connectivity index (χ4n) is 1.71. The third-order valence-electron chi connectivity index (χ3n) is 2.48. The molecule has 0 saturated carbocycles. The van der Waals surface area contributed by atoms with Crippen LogP contribution in [0.3, 0.4) is 0 Å². The summed E-state index contributed by atoms with van der Waals surface area (Å²) in [6, 6.07) is 6.99. The summed E-state index contributed by atoms with van der Waals surface area (Å²) in [4.78, 5) is 0. The van der Waals surface area contributed by atoms with Gasteiger partial charge in [0.2, 0.25) is 0 Å². The van der Waals surface area contributed by atoms with Crippen LogP contribution in [0.5, 0.6) is 0 Å². The fourth-order valence-corrected chi connectivity index (χ4v) is 3.49. The molecule has 0 aliphatic carbocycles. The molecule has 0 saturated heterocycles. The van der Waals surface area contributed by atoms with Gasteiger partial charge in [-0.25, -0.2) is 4.39 Å². The second kappa shape index (κ2) is 5.77. The van der Waals surface area contributed by atoms with E-state index in [4.69, 9.17) is 0 Å². The summed E-state index contributed by atoms with van der Waals surface area (Å²) in [7, 11) is 1.84. The minimum atomic E-state index is -0.186. The van der Waals surface area contributed by atoms with Crippen LogP contribution in [-0.2, 0) is 0 Å². The molecule has 0 bridgehead atoms. The zero-order chi connectivity index (χ0) is 12.4. The molecule has 1 aromatic heterocycles. The Morgan fingerprint density at radius 2 is 2.18 bits per heavy atom. The molecule has 1 nitrogen and oxygen atoms in total. The van der Waals surface area contributed by atoms with Crippen molar-refractivity contribution >= 4 is 49.9 Å². The number of nitrogens with one attached hydrogen (secondary N) is 1. The lowest BCUT2D eigenvalue weighted by molar-refractivity contribution is 0.576. The lowest BCUT2D eigenvalue weighted by Gasteiger charge is -2.16. The van der Waals surface area contributed by atoms with Crippen molar-refractivity contribution in [2.75, 3.05) is 7.05 Å². The highest BCUT2D eigenvalue weighted by atomic mass is 127. The topological polar surface area (TPSA) is 12.0 Å². The number of thiophene rings is 1. The van der Waals surface area contributed by atoms with Crippen LogP contribution < -0.4 is 5.32 Å². The molecule has 1 N–H and O–H groups in total. The van der Waals surface area contributed by atoms with Gasteiger partial charge in [0.05, 0.1) is 8.93 Å². The van der Waals surface area contributed by atoms with Crippen LogP contribution in [0.2, 0.25) is 0 Å². The number of benzene rings is 1. The van der Waals surface area contributed by atoms with Crippen molar-refractivity contribution < 1.29 is 4.39 Å². The average Bonchev–Trinajstić information content (AvgIpc) is 2.71. The second-order valence-electron chi connectivity index (χ2n) is 3.57. The molecule has 0 amide bonds. The van der Waals surface area contributed by atoms with E-state index < -0.39 is 0 Å². The Kier molecular flexibility index (Phi) is 4.57. The Morgan fingerprint density at radius 3 is 2.76 bits per heavy atom. The highest BCUT2D eigenvalue weighted by Crippen LogP contribution is 2.30. The van der Waals surface area contributed by atoms with Gasteiger partial charge in [-0.1, -0.05) is 15.9 Å². The SMILES string of the molecule is CNC(c1csc(I)c1)c1cc(Br)ccc1F. The van der Waals surface area contributed by atoms with Crippen molar-refractivity contribution in [3.63, 3.8) is 0 Å². The molecular weight excluding hydrogens is 416 g/mol. The van der Waals surface area contributed by atoms with Gasteiger partial charge in [-0.15, -0.1) is 11.3 Å². The molecule has 1 heterocycles. The molecule has 1 aromatic carbocycles. The summed E-state index contributed by atoms with van der Waals surface area (Å²) in [5, 5.41) is 5.22. The van der Waals surface area contributed by atoms with Crippen LogP contribution in [0, 0.1) is 8.70 Å². The molecule has 0 radical (unpaired) electrons. The van der Waals surface area contributed by atoms with Gasteiger partial charge in [0.15, 0.2) is 0 Å². The molecule has 1 atom stereocenters. The zero-order valence-electron chi connectivity index (χ0n) is 9.01. The number of rotatable bonds is 3. The molecule has 0 aliphatic rings. The Labute approximate surface area is 126 Å². The summed E-state index contributed by atoms with van der Waals surface area (Å²) >= 11 is 7.32. The smallest absolute Gasteiger partial charge is 0.128 e. The quantitative estimate of drug-likeness (QED) is 0.710. The second-order valence-corrected chi connectivity index (χ2v) is 7.29. The van der Waals surface area contributed by atoms with Crippen LogP contribution in [0.25, 0.3) is 0 Å². The van der Waals surface area contributed by atoms with Crippen molar-refractivity contribution in [1.29, 1.82) is 0 Å². The molecule has 2 rings (SSSR count). The molecule has 0 fully saturated rings. The van der Waals surface area contributed by atoms with Gasteiger partial charge in [0, 0.05) is 10.0 Å². The number of hydrogen-bond acceptors (Lipinski definition) is 2. The van der Waals surface area contributed by atoms with E-state index in [-0.39, 0.29) is 11.9 Å². The summed E-state index contributed by atoms with van der Waals surface area (Å²) < 4.78 is 15.9. The third kappa shape index (κ3) is 3.07. The van der Waals surface area contributed by atoms with Crippen LogP contribution in [0.15, 0.2) is 34.1 Å². The standard InChI is InChI=1S/C12H10BrFINS/c1-16-12(7-4-11(15)17-6-7)9-5-8(13)2-3-10(9)14/h2-6,12,16H,1H3. The predicted molar refractivity (Wildman–Crippen MR) is 82.0 cm³/mol. The Hall–Kier alpha value is 0.0200. The van der Waals surface area contributed by atoms with Gasteiger partial charge >= 0.3 is 0 Å². The van der Waals surface area contributed by atoms with E-state index in [0.29, 0.717) is 5.56 Å². The maximum atomic E-state index is 13.8. The lowest BCUT2D eigenvalue weighted by atomic mass is 10.0. The van der Waals surface area contributed by atoms with Crippen LogP contribution in [0.1, 0.15) is 17.2 Å². The first-order chi connectivity index (χ1) is 8.11. The van der Waals surface area contributed by atoms with Gasteiger partial charge in [0.1, 0.15) is 5.82 Å². The van der Waals surface area contributed by atoms with Gasteiger partial charge in [-0.3, -0.25) is 0 Å². The van der Waals surface area contributed by atoms with E-state index in [2.05, 4.69) is 55.3 Å². The maximum absolute atomic E-state index is 13.8. The van der Waals surface area contributed by atoms with Crippen molar-refractivity contribution in [2.45, 2.75) is 6.04 Å². The molecule has 1 unspecified atom stereocenters. The maximum Gasteiger partial charge on any atom is 0.128 e. The van der Waals surface area contributed by atoms with E-state index in [0.717, 1.165) is 10.0 Å². The first-order valence-corrected chi connectivity index (χ1v) is 7.73. The minimum absolute atomic E-state index is 0.104. The highest BCUT2D eigenvalue weighted by Gasteiger charge is 2.17. The largest absolute Gasteiger partial charge is 0.309 e. The number of halogens is 3. The number of hydrogen-bond donors (Lipinski definition) is 1. The van der Waals surface area contributed by atoms with E-state index in [1.54, 1.807) is 17.4 Å². The Balaban J connectivity index is 2.45. The average molecular weight is 426 g/mol. The van der Waals surface area contributed by atoms with Crippen molar-refractivity contribution in [3.8, 4) is 0 Å². The Bertz CT molecular complexity index is 529. The molecule has 0 aliphatic heterocycles. The molecule has 17 heavy (non-hydrogen) atoms. The van der Waals surface area contributed by atoms with Crippen molar-refractivity contribution in [2.24, 2.45) is 0 Å². The minimum Gasteiger partial charge on any atom is -0.309 e. The lowest BCUT2D eigenvalue weighted by Crippen LogP contribution is -2.18. The van der Waals surface area contributed by atoms with E-state index in [1.807, 2.05) is 13.1 Å². The summed E-state index contributed by atoms with van der Waals surface area (Å²) in [5.74, 6) is -0.186. The van der Waals surface area contributed by atoms with E-state index >= 15 is 0 Å². The summed E-state index contributed by atoms with van der Waals surface area (Å²) in [5.41, 5.74) is 1.76. The van der Waals surface area contributed by atoms with Crippen LogP contribution in [0.4, 0.5) is 4.39 Å². The van der Waals surface area contributed by atoms with Crippen molar-refractivity contribution in [1.82, 2.24) is 5.32 Å². The van der Waals surface area contributed by atoms with Gasteiger partial charge < -0.3 is 5.32 Å². The van der Waals surface area contributed by atoms with Gasteiger partial charge in [0.25, 0.3) is 0 Å². The molecule has 2 aromatic rings. The van der Waals surface area contributed by atoms with Gasteiger partial charge in [-0.2, -0.15) is 0 Å². The van der Waals surface area contributed by atoms with Gasteiger partial charge in [-0.05, 0) is 64.8 Å². The van der Waals surface area contributed by atoms with E-state index in [9.17, 15) is 4.39 Å². The molecule has 90 valence electrons. The molecule has 5 heteroatoms. The molecular formula is C12H10BrFINS. The van der Waals surface area contributed by atoms with Crippen LogP contribution in [-0.4, -0.2) is 7.05 Å². The monoisotopic (exact) mass is 425 g/mol. The fraction of sp³-hybridized carbons (Fsp3) is 0.167. The summed E-state index contributed by atoms with van der Waals surface area (Å²) in [6.07, 6.45) is 0.